The number of rotatable bonds is 8. The molecule has 0 heterocycles. The molecule has 0 aromatic heterocycles. The van der Waals surface area contributed by atoms with Crippen molar-refractivity contribution in [2.75, 3.05) is 21.3 Å². The Hall–Kier alpha value is -1.75. The number of methoxy groups -OCH3 is 3. The van der Waals surface area contributed by atoms with Crippen LogP contribution in [0.25, 0.3) is 0 Å². The molecule has 0 spiro atoms. The van der Waals surface area contributed by atoms with Crippen molar-refractivity contribution in [3.05, 3.63) is 23.8 Å². The highest BCUT2D eigenvalue weighted by atomic mass is 16.5. The lowest BCUT2D eigenvalue weighted by molar-refractivity contribution is -0.144. The minimum absolute atomic E-state index is 0.206. The quantitative estimate of drug-likeness (QED) is 0.746. The smallest absolute Gasteiger partial charge is 0.323 e. The minimum Gasteiger partial charge on any atom is -0.493 e. The Balaban J connectivity index is 2.78. The van der Waals surface area contributed by atoms with Gasteiger partial charge in [0.25, 0.3) is 0 Å². The molecule has 0 aliphatic rings. The fraction of sp³-hybridized carbons (Fsp3) is 0.562. The molecule has 0 aliphatic heterocycles. The maximum atomic E-state index is 11.8. The zero-order chi connectivity index (χ0) is 15.8. The Labute approximate surface area is 126 Å². The van der Waals surface area contributed by atoms with Gasteiger partial charge in [0.2, 0.25) is 0 Å². The van der Waals surface area contributed by atoms with Gasteiger partial charge in [-0.1, -0.05) is 26.3 Å². The Kier molecular flexibility index (Phi) is 7.02. The van der Waals surface area contributed by atoms with Crippen molar-refractivity contribution >= 4 is 5.97 Å². The molecule has 21 heavy (non-hydrogen) atoms. The number of benzene rings is 1. The van der Waals surface area contributed by atoms with Gasteiger partial charge in [-0.05, 0) is 23.6 Å². The zero-order valence-electron chi connectivity index (χ0n) is 13.4. The van der Waals surface area contributed by atoms with Crippen molar-refractivity contribution in [1.82, 2.24) is 5.32 Å². The van der Waals surface area contributed by atoms with Crippen LogP contribution >= 0.6 is 0 Å². The molecule has 1 aromatic rings. The van der Waals surface area contributed by atoms with Gasteiger partial charge in [0.05, 0.1) is 21.3 Å². The standard InChI is InChI=1S/C16H25NO4/c1-6-11(2)15(16(18)21-5)17-10-12-7-8-13(19-3)14(9-12)20-4/h7-9,11,15,17H,6,10H2,1-5H3. The van der Waals surface area contributed by atoms with Gasteiger partial charge >= 0.3 is 5.97 Å². The van der Waals surface area contributed by atoms with Gasteiger partial charge in [0, 0.05) is 6.54 Å². The van der Waals surface area contributed by atoms with E-state index >= 15 is 0 Å². The molecule has 1 N–H and O–H groups in total. The summed E-state index contributed by atoms with van der Waals surface area (Å²) in [6.07, 6.45) is 0.901. The van der Waals surface area contributed by atoms with Crippen molar-refractivity contribution in [3.8, 4) is 11.5 Å². The van der Waals surface area contributed by atoms with Crippen LogP contribution in [-0.4, -0.2) is 33.3 Å². The van der Waals surface area contributed by atoms with Crippen LogP contribution in [0.4, 0.5) is 0 Å². The van der Waals surface area contributed by atoms with Gasteiger partial charge in [0.1, 0.15) is 6.04 Å². The summed E-state index contributed by atoms with van der Waals surface area (Å²) in [4.78, 5) is 11.8. The second-order valence-corrected chi connectivity index (χ2v) is 4.96. The zero-order valence-corrected chi connectivity index (χ0v) is 13.4. The largest absolute Gasteiger partial charge is 0.493 e. The van der Waals surface area contributed by atoms with Gasteiger partial charge in [-0.25, -0.2) is 0 Å². The lowest BCUT2D eigenvalue weighted by atomic mass is 9.99. The maximum Gasteiger partial charge on any atom is 0.323 e. The second kappa shape index (κ2) is 8.52. The number of hydrogen-bond acceptors (Lipinski definition) is 5. The number of ether oxygens (including phenoxy) is 3. The first-order valence-corrected chi connectivity index (χ1v) is 7.09. The maximum absolute atomic E-state index is 11.8. The predicted molar refractivity (Wildman–Crippen MR) is 81.6 cm³/mol. The molecule has 1 rings (SSSR count). The molecule has 5 nitrogen and oxygen atoms in total. The predicted octanol–water partition coefficient (Wildman–Crippen LogP) is 2.38. The molecule has 118 valence electrons. The molecule has 0 radical (unpaired) electrons. The van der Waals surface area contributed by atoms with Crippen LogP contribution in [0.5, 0.6) is 11.5 Å². The van der Waals surface area contributed by atoms with E-state index in [-0.39, 0.29) is 17.9 Å². The molecule has 0 fully saturated rings. The number of hydrogen-bond donors (Lipinski definition) is 1. The molecule has 0 bridgehead atoms. The van der Waals surface area contributed by atoms with E-state index in [0.717, 1.165) is 12.0 Å². The third-order valence-electron chi connectivity index (χ3n) is 3.64. The van der Waals surface area contributed by atoms with Crippen LogP contribution in [0.15, 0.2) is 18.2 Å². The molecule has 0 amide bonds. The van der Waals surface area contributed by atoms with Crippen LogP contribution in [0.3, 0.4) is 0 Å². The van der Waals surface area contributed by atoms with Gasteiger partial charge < -0.3 is 19.5 Å². The number of esters is 1. The minimum atomic E-state index is -0.312. The number of nitrogens with one attached hydrogen (secondary N) is 1. The third kappa shape index (κ3) is 4.63. The first-order chi connectivity index (χ1) is 10.1. The van der Waals surface area contributed by atoms with Crippen molar-refractivity contribution in [2.24, 2.45) is 5.92 Å². The van der Waals surface area contributed by atoms with Crippen LogP contribution in [0.2, 0.25) is 0 Å². The third-order valence-corrected chi connectivity index (χ3v) is 3.64. The summed E-state index contributed by atoms with van der Waals surface area (Å²) in [5, 5.41) is 3.26. The monoisotopic (exact) mass is 295 g/mol. The lowest BCUT2D eigenvalue weighted by Crippen LogP contribution is -2.42. The van der Waals surface area contributed by atoms with E-state index in [4.69, 9.17) is 14.2 Å². The molecule has 2 unspecified atom stereocenters. The molecule has 0 saturated carbocycles. The Bertz CT molecular complexity index is 462. The van der Waals surface area contributed by atoms with Gasteiger partial charge in [-0.3, -0.25) is 4.79 Å². The van der Waals surface area contributed by atoms with E-state index in [0.29, 0.717) is 18.0 Å². The van der Waals surface area contributed by atoms with Crippen LogP contribution in [0, 0.1) is 5.92 Å². The summed E-state index contributed by atoms with van der Waals surface area (Å²) in [6.45, 7) is 4.65. The summed E-state index contributed by atoms with van der Waals surface area (Å²) in [6, 6.07) is 5.38. The highest BCUT2D eigenvalue weighted by Crippen LogP contribution is 2.27. The van der Waals surface area contributed by atoms with Crippen molar-refractivity contribution < 1.29 is 19.0 Å². The number of carbonyl (C=O) groups is 1. The fourth-order valence-electron chi connectivity index (χ4n) is 2.10. The average molecular weight is 295 g/mol. The molecule has 0 saturated heterocycles. The molecule has 5 heteroatoms. The first-order valence-electron chi connectivity index (χ1n) is 7.09. The van der Waals surface area contributed by atoms with Crippen molar-refractivity contribution in [3.63, 3.8) is 0 Å². The fourth-order valence-corrected chi connectivity index (χ4v) is 2.10. The van der Waals surface area contributed by atoms with Crippen molar-refractivity contribution in [2.45, 2.75) is 32.9 Å². The molecular weight excluding hydrogens is 270 g/mol. The second-order valence-electron chi connectivity index (χ2n) is 4.96. The van der Waals surface area contributed by atoms with Crippen LogP contribution in [0.1, 0.15) is 25.8 Å². The summed E-state index contributed by atoms with van der Waals surface area (Å²) in [5.74, 6) is 1.34. The van der Waals surface area contributed by atoms with E-state index in [1.54, 1.807) is 14.2 Å². The summed E-state index contributed by atoms with van der Waals surface area (Å²) < 4.78 is 15.3. The van der Waals surface area contributed by atoms with Gasteiger partial charge in [-0.15, -0.1) is 0 Å². The van der Waals surface area contributed by atoms with E-state index in [1.165, 1.54) is 7.11 Å². The Morgan fingerprint density at radius 1 is 1.19 bits per heavy atom. The first kappa shape index (κ1) is 17.3. The average Bonchev–Trinajstić information content (AvgIpc) is 2.53. The van der Waals surface area contributed by atoms with E-state index in [2.05, 4.69) is 12.2 Å². The molecule has 2 atom stereocenters. The van der Waals surface area contributed by atoms with Crippen molar-refractivity contribution in [1.29, 1.82) is 0 Å². The van der Waals surface area contributed by atoms with Gasteiger partial charge in [0.15, 0.2) is 11.5 Å². The highest BCUT2D eigenvalue weighted by Gasteiger charge is 2.24. The summed E-state index contributed by atoms with van der Waals surface area (Å²) in [5.41, 5.74) is 1.02. The van der Waals surface area contributed by atoms with E-state index < -0.39 is 0 Å². The molecule has 0 aliphatic carbocycles. The molecule has 1 aromatic carbocycles. The summed E-state index contributed by atoms with van der Waals surface area (Å²) in [7, 11) is 4.62. The van der Waals surface area contributed by atoms with Gasteiger partial charge in [-0.2, -0.15) is 0 Å². The van der Waals surface area contributed by atoms with E-state index in [9.17, 15) is 4.79 Å². The topological polar surface area (TPSA) is 56.8 Å². The Morgan fingerprint density at radius 2 is 1.86 bits per heavy atom. The number of carbonyl (C=O) groups excluding carboxylic acids is 1. The normalized spacial score (nSPS) is 13.4. The lowest BCUT2D eigenvalue weighted by Gasteiger charge is -2.22. The molecular formula is C16H25NO4. The van der Waals surface area contributed by atoms with E-state index in [1.807, 2.05) is 25.1 Å². The Morgan fingerprint density at radius 3 is 2.38 bits per heavy atom. The van der Waals surface area contributed by atoms with Crippen LogP contribution < -0.4 is 14.8 Å². The highest BCUT2D eigenvalue weighted by molar-refractivity contribution is 5.76. The SMILES string of the molecule is CCC(C)C(NCc1ccc(OC)c(OC)c1)C(=O)OC. The summed E-state index contributed by atoms with van der Waals surface area (Å²) >= 11 is 0. The van der Waals surface area contributed by atoms with Crippen LogP contribution in [-0.2, 0) is 16.1 Å².